The molecule has 1 spiro atoms. The van der Waals surface area contributed by atoms with Crippen molar-refractivity contribution in [2.45, 2.75) is 51.1 Å². The lowest BCUT2D eigenvalue weighted by Gasteiger charge is -2.47. The van der Waals surface area contributed by atoms with E-state index in [-0.39, 0.29) is 17.7 Å². The van der Waals surface area contributed by atoms with Gasteiger partial charge in [0.25, 0.3) is 0 Å². The molecule has 1 aromatic rings. The molecule has 116 valence electrons. The molecule has 2 aliphatic rings. The van der Waals surface area contributed by atoms with Gasteiger partial charge >= 0.3 is 0 Å². The second-order valence-corrected chi connectivity index (χ2v) is 6.56. The number of rotatable bonds is 1. The Labute approximate surface area is 131 Å². The molecule has 1 aliphatic carbocycles. The maximum absolute atomic E-state index is 12.8. The molecule has 1 heterocycles. The molecule has 3 rings (SSSR count). The van der Waals surface area contributed by atoms with Gasteiger partial charge in [0.05, 0.1) is 0 Å². The van der Waals surface area contributed by atoms with Crippen LogP contribution in [-0.2, 0) is 9.59 Å². The van der Waals surface area contributed by atoms with E-state index in [1.807, 2.05) is 30.3 Å². The zero-order chi connectivity index (χ0) is 15.9. The Hall–Kier alpha value is -2.10. The molecule has 1 fully saturated rings. The van der Waals surface area contributed by atoms with Crippen molar-refractivity contribution >= 4 is 11.8 Å². The molecule has 4 nitrogen and oxygen atoms in total. The van der Waals surface area contributed by atoms with Crippen LogP contribution in [0.4, 0.5) is 0 Å². The first-order valence-corrected chi connectivity index (χ1v) is 7.77. The Kier molecular flexibility index (Phi) is 3.55. The van der Waals surface area contributed by atoms with Crippen molar-refractivity contribution in [3.8, 4) is 0 Å². The third kappa shape index (κ3) is 2.23. The second-order valence-electron chi connectivity index (χ2n) is 6.56. The number of carbonyl (C=O) groups is 2. The lowest BCUT2D eigenvalue weighted by Crippen LogP contribution is -2.71. The number of benzene rings is 1. The summed E-state index contributed by atoms with van der Waals surface area (Å²) in [5, 5.41) is 5.90. The van der Waals surface area contributed by atoms with Gasteiger partial charge in [-0.05, 0) is 32.8 Å². The monoisotopic (exact) mass is 298 g/mol. The van der Waals surface area contributed by atoms with Crippen LogP contribution in [0.1, 0.15) is 45.1 Å². The number of allylic oxidation sites excluding steroid dienone is 1. The van der Waals surface area contributed by atoms with Gasteiger partial charge in [-0.15, -0.1) is 0 Å². The Balaban J connectivity index is 2.09. The third-order valence-electron chi connectivity index (χ3n) is 5.07. The molecule has 0 radical (unpaired) electrons. The first-order chi connectivity index (χ1) is 10.4. The molecule has 1 aromatic carbocycles. The number of carbonyl (C=O) groups excluding carboxylic acids is 2. The Morgan fingerprint density at radius 3 is 2.45 bits per heavy atom. The van der Waals surface area contributed by atoms with Crippen molar-refractivity contribution in [2.75, 3.05) is 0 Å². The summed E-state index contributed by atoms with van der Waals surface area (Å²) in [5.41, 5.74) is 2.73. The molecule has 0 bridgehead atoms. The van der Waals surface area contributed by atoms with Crippen molar-refractivity contribution in [1.82, 2.24) is 10.6 Å². The fourth-order valence-electron chi connectivity index (χ4n) is 3.58. The number of piperazine rings is 1. The van der Waals surface area contributed by atoms with Gasteiger partial charge in [0, 0.05) is 12.3 Å². The average molecular weight is 298 g/mol. The first kappa shape index (κ1) is 14.8. The number of hydrogen-bond acceptors (Lipinski definition) is 2. The van der Waals surface area contributed by atoms with Gasteiger partial charge in [-0.3, -0.25) is 9.59 Å². The summed E-state index contributed by atoms with van der Waals surface area (Å²) in [7, 11) is 0. The van der Waals surface area contributed by atoms with Crippen molar-refractivity contribution < 1.29 is 9.59 Å². The van der Waals surface area contributed by atoms with Crippen molar-refractivity contribution in [3.63, 3.8) is 0 Å². The highest BCUT2D eigenvalue weighted by Crippen LogP contribution is 2.44. The molecule has 2 N–H and O–H groups in total. The van der Waals surface area contributed by atoms with E-state index in [1.165, 1.54) is 11.1 Å². The van der Waals surface area contributed by atoms with Crippen LogP contribution in [0, 0.1) is 0 Å². The van der Waals surface area contributed by atoms with Crippen LogP contribution in [0.25, 0.3) is 0 Å². The van der Waals surface area contributed by atoms with E-state index in [4.69, 9.17) is 0 Å². The van der Waals surface area contributed by atoms with Crippen LogP contribution in [-0.4, -0.2) is 23.4 Å². The molecule has 22 heavy (non-hydrogen) atoms. The molecule has 2 amide bonds. The normalized spacial score (nSPS) is 32.0. The van der Waals surface area contributed by atoms with E-state index in [0.29, 0.717) is 6.42 Å². The zero-order valence-electron chi connectivity index (χ0n) is 13.3. The van der Waals surface area contributed by atoms with Crippen LogP contribution < -0.4 is 10.6 Å². The SMILES string of the molecule is CC1=C(C)C[C@]2(NC(=O)C(C)NC2=O)C(c2ccccc2)C1. The maximum Gasteiger partial charge on any atom is 0.247 e. The predicted octanol–water partition coefficient (Wildman–Crippen LogP) is 2.27. The van der Waals surface area contributed by atoms with E-state index < -0.39 is 11.6 Å². The number of amides is 2. The van der Waals surface area contributed by atoms with Crippen LogP contribution in [0.3, 0.4) is 0 Å². The molecule has 2 unspecified atom stereocenters. The van der Waals surface area contributed by atoms with E-state index in [2.05, 4.69) is 24.5 Å². The highest BCUT2D eigenvalue weighted by molar-refractivity contribution is 6.00. The van der Waals surface area contributed by atoms with E-state index in [9.17, 15) is 9.59 Å². The minimum absolute atomic E-state index is 0.0335. The van der Waals surface area contributed by atoms with Crippen LogP contribution in [0.2, 0.25) is 0 Å². The summed E-state index contributed by atoms with van der Waals surface area (Å²) in [4.78, 5) is 25.1. The smallest absolute Gasteiger partial charge is 0.247 e. The summed E-state index contributed by atoms with van der Waals surface area (Å²) in [6, 6.07) is 9.54. The maximum atomic E-state index is 12.8. The van der Waals surface area contributed by atoms with Crippen LogP contribution >= 0.6 is 0 Å². The second kappa shape index (κ2) is 5.27. The minimum Gasteiger partial charge on any atom is -0.343 e. The van der Waals surface area contributed by atoms with Gasteiger partial charge in [0.1, 0.15) is 11.6 Å². The lowest BCUT2D eigenvalue weighted by molar-refractivity contribution is -0.142. The van der Waals surface area contributed by atoms with Crippen LogP contribution in [0.5, 0.6) is 0 Å². The first-order valence-electron chi connectivity index (χ1n) is 7.77. The highest BCUT2D eigenvalue weighted by atomic mass is 16.2. The quantitative estimate of drug-likeness (QED) is 0.781. The number of hydrogen-bond donors (Lipinski definition) is 2. The van der Waals surface area contributed by atoms with E-state index in [0.717, 1.165) is 12.0 Å². The largest absolute Gasteiger partial charge is 0.343 e. The van der Waals surface area contributed by atoms with Gasteiger partial charge in [-0.25, -0.2) is 0 Å². The Bertz CT molecular complexity index is 650. The van der Waals surface area contributed by atoms with E-state index >= 15 is 0 Å². The molecule has 1 aliphatic heterocycles. The average Bonchev–Trinajstić information content (AvgIpc) is 2.50. The molecule has 3 atom stereocenters. The van der Waals surface area contributed by atoms with Crippen LogP contribution in [0.15, 0.2) is 41.5 Å². The fraction of sp³-hybridized carbons (Fsp3) is 0.444. The summed E-state index contributed by atoms with van der Waals surface area (Å²) in [6.45, 7) is 5.88. The standard InChI is InChI=1S/C18H22N2O2/c1-11-9-15(14-7-5-4-6-8-14)18(10-12(11)2)17(22)19-13(3)16(21)20-18/h4-8,13,15H,9-10H2,1-3H3,(H,19,22)(H,20,21)/t13?,15?,18-/m0/s1. The molecular weight excluding hydrogens is 276 g/mol. The van der Waals surface area contributed by atoms with Crippen molar-refractivity contribution in [3.05, 3.63) is 47.0 Å². The van der Waals surface area contributed by atoms with Gasteiger partial charge in [0.2, 0.25) is 11.8 Å². The van der Waals surface area contributed by atoms with E-state index in [1.54, 1.807) is 6.92 Å². The number of nitrogens with one attached hydrogen (secondary N) is 2. The predicted molar refractivity (Wildman–Crippen MR) is 85.3 cm³/mol. The van der Waals surface area contributed by atoms with Gasteiger partial charge < -0.3 is 10.6 Å². The zero-order valence-corrected chi connectivity index (χ0v) is 13.3. The Morgan fingerprint density at radius 2 is 1.77 bits per heavy atom. The molecule has 0 saturated carbocycles. The lowest BCUT2D eigenvalue weighted by atomic mass is 9.66. The molecule has 0 aromatic heterocycles. The van der Waals surface area contributed by atoms with Crippen molar-refractivity contribution in [1.29, 1.82) is 0 Å². The third-order valence-corrected chi connectivity index (χ3v) is 5.07. The summed E-state index contributed by atoms with van der Waals surface area (Å²) >= 11 is 0. The fourth-order valence-corrected chi connectivity index (χ4v) is 3.58. The Morgan fingerprint density at radius 1 is 1.09 bits per heavy atom. The minimum atomic E-state index is -0.867. The summed E-state index contributed by atoms with van der Waals surface area (Å²) in [6.07, 6.45) is 1.36. The van der Waals surface area contributed by atoms with Gasteiger partial charge in [0.15, 0.2) is 0 Å². The molecule has 4 heteroatoms. The topological polar surface area (TPSA) is 58.2 Å². The molecular formula is C18H22N2O2. The summed E-state index contributed by atoms with van der Waals surface area (Å²) in [5.74, 6) is -0.206. The van der Waals surface area contributed by atoms with Crippen molar-refractivity contribution in [2.24, 2.45) is 0 Å². The highest BCUT2D eigenvalue weighted by Gasteiger charge is 2.52. The van der Waals surface area contributed by atoms with Gasteiger partial charge in [-0.2, -0.15) is 0 Å². The molecule has 1 saturated heterocycles. The summed E-state index contributed by atoms with van der Waals surface area (Å²) < 4.78 is 0. The van der Waals surface area contributed by atoms with Gasteiger partial charge in [-0.1, -0.05) is 41.5 Å².